The van der Waals surface area contributed by atoms with Gasteiger partial charge in [-0.15, -0.1) is 0 Å². The summed E-state index contributed by atoms with van der Waals surface area (Å²) in [7, 11) is 1.54. The maximum absolute atomic E-state index is 12.2. The molecule has 1 atom stereocenters. The summed E-state index contributed by atoms with van der Waals surface area (Å²) >= 11 is 0. The number of alkyl carbamates (subject to hydrolysis) is 1. The number of hydrogen-bond acceptors (Lipinski definition) is 5. The molecule has 0 radical (unpaired) electrons. The number of ether oxygens (including phenoxy) is 3. The van der Waals surface area contributed by atoms with E-state index in [0.717, 1.165) is 19.3 Å². The van der Waals surface area contributed by atoms with E-state index in [-0.39, 0.29) is 12.6 Å². The zero-order valence-electron chi connectivity index (χ0n) is 20.6. The molecule has 6 nitrogen and oxygen atoms in total. The molecule has 0 aromatic heterocycles. The summed E-state index contributed by atoms with van der Waals surface area (Å²) in [4.78, 5) is 23.9. The largest absolute Gasteiger partial charge is 0.464 e. The van der Waals surface area contributed by atoms with Crippen molar-refractivity contribution in [3.8, 4) is 0 Å². The van der Waals surface area contributed by atoms with E-state index in [2.05, 4.69) is 12.2 Å². The number of carbonyl (C=O) groups excluding carboxylic acids is 2. The van der Waals surface area contributed by atoms with E-state index in [1.54, 1.807) is 0 Å². The van der Waals surface area contributed by atoms with E-state index in [9.17, 15) is 9.59 Å². The lowest BCUT2D eigenvalue weighted by Crippen LogP contribution is -2.42. The van der Waals surface area contributed by atoms with Gasteiger partial charge < -0.3 is 19.5 Å². The van der Waals surface area contributed by atoms with Gasteiger partial charge in [-0.1, -0.05) is 104 Å². The Morgan fingerprint density at radius 2 is 1.16 bits per heavy atom. The normalized spacial score (nSPS) is 11.8. The van der Waals surface area contributed by atoms with Crippen LogP contribution in [-0.4, -0.2) is 45.0 Å². The van der Waals surface area contributed by atoms with Crippen molar-refractivity contribution in [2.75, 3.05) is 26.9 Å². The van der Waals surface area contributed by atoms with E-state index < -0.39 is 12.1 Å². The average molecular weight is 444 g/mol. The fourth-order valence-electron chi connectivity index (χ4n) is 3.51. The number of esters is 1. The van der Waals surface area contributed by atoms with Gasteiger partial charge in [-0.3, -0.25) is 0 Å². The van der Waals surface area contributed by atoms with Crippen LogP contribution in [0.5, 0.6) is 0 Å². The molecule has 0 saturated heterocycles. The number of nitrogens with one attached hydrogen (secondary N) is 1. The quantitative estimate of drug-likeness (QED) is 0.152. The zero-order valence-corrected chi connectivity index (χ0v) is 20.6. The summed E-state index contributed by atoms with van der Waals surface area (Å²) < 4.78 is 15.1. The summed E-state index contributed by atoms with van der Waals surface area (Å²) in [6.45, 7) is 5.13. The number of hydrogen-bond donors (Lipinski definition) is 1. The predicted octanol–water partition coefficient (Wildman–Crippen LogP) is 6.55. The van der Waals surface area contributed by atoms with E-state index in [0.29, 0.717) is 19.6 Å². The second-order valence-corrected chi connectivity index (χ2v) is 8.38. The summed E-state index contributed by atoms with van der Waals surface area (Å²) in [5.41, 5.74) is 0. The van der Waals surface area contributed by atoms with E-state index in [4.69, 9.17) is 14.2 Å². The van der Waals surface area contributed by atoms with Gasteiger partial charge in [0.2, 0.25) is 0 Å². The van der Waals surface area contributed by atoms with Crippen LogP contribution in [-0.2, 0) is 19.0 Å². The van der Waals surface area contributed by atoms with Gasteiger partial charge in [0.25, 0.3) is 0 Å². The Morgan fingerprint density at radius 3 is 1.65 bits per heavy atom. The molecular formula is C25H49NO5. The van der Waals surface area contributed by atoms with Gasteiger partial charge in [0.05, 0.1) is 13.2 Å². The minimum atomic E-state index is -0.647. The molecule has 1 amide bonds. The molecule has 0 aliphatic carbocycles. The molecule has 0 aliphatic rings. The highest BCUT2D eigenvalue weighted by molar-refractivity contribution is 5.81. The van der Waals surface area contributed by atoms with Gasteiger partial charge in [-0.2, -0.15) is 0 Å². The molecule has 0 bridgehead atoms. The lowest BCUT2D eigenvalue weighted by atomic mass is 10.0. The van der Waals surface area contributed by atoms with Crippen molar-refractivity contribution in [1.29, 1.82) is 0 Å². The smallest absolute Gasteiger partial charge is 0.407 e. The lowest BCUT2D eigenvalue weighted by molar-refractivity contribution is -0.146. The number of rotatable bonds is 22. The first-order valence-electron chi connectivity index (χ1n) is 12.7. The summed E-state index contributed by atoms with van der Waals surface area (Å²) in [5, 5.41) is 2.59. The topological polar surface area (TPSA) is 73.9 Å². The van der Waals surface area contributed by atoms with Crippen LogP contribution in [0.3, 0.4) is 0 Å². The molecule has 6 heteroatoms. The first-order chi connectivity index (χ1) is 15.2. The Labute approximate surface area is 191 Å². The maximum Gasteiger partial charge on any atom is 0.407 e. The van der Waals surface area contributed by atoms with Crippen LogP contribution in [0.1, 0.15) is 117 Å². The highest BCUT2D eigenvalue weighted by Crippen LogP contribution is 2.13. The molecule has 0 rings (SSSR count). The first kappa shape index (κ1) is 29.7. The third-order valence-electron chi connectivity index (χ3n) is 5.42. The highest BCUT2D eigenvalue weighted by Gasteiger charge is 2.21. The van der Waals surface area contributed by atoms with Gasteiger partial charge in [-0.25, -0.2) is 9.59 Å². The third-order valence-corrected chi connectivity index (χ3v) is 5.42. The Morgan fingerprint density at radius 1 is 0.645 bits per heavy atom. The molecule has 1 N–H and O–H groups in total. The molecule has 184 valence electrons. The zero-order chi connectivity index (χ0) is 23.0. The molecule has 0 aromatic carbocycles. The van der Waals surface area contributed by atoms with Crippen molar-refractivity contribution in [2.24, 2.45) is 0 Å². The van der Waals surface area contributed by atoms with Crippen LogP contribution < -0.4 is 5.32 Å². The van der Waals surface area contributed by atoms with Crippen LogP contribution in [0.4, 0.5) is 4.79 Å². The van der Waals surface area contributed by atoms with Crippen LogP contribution >= 0.6 is 0 Å². The fraction of sp³-hybridized carbons (Fsp3) is 0.920. The van der Waals surface area contributed by atoms with Gasteiger partial charge in [0.1, 0.15) is 12.6 Å². The van der Waals surface area contributed by atoms with Gasteiger partial charge >= 0.3 is 12.1 Å². The number of carbonyl (C=O) groups is 2. The molecule has 0 saturated carbocycles. The van der Waals surface area contributed by atoms with E-state index >= 15 is 0 Å². The summed E-state index contributed by atoms with van der Waals surface area (Å²) in [6.07, 6.45) is 18.8. The van der Waals surface area contributed by atoms with Crippen LogP contribution in [0.2, 0.25) is 0 Å². The first-order valence-corrected chi connectivity index (χ1v) is 12.7. The van der Waals surface area contributed by atoms with Crippen LogP contribution in [0, 0.1) is 0 Å². The number of amides is 1. The molecule has 0 heterocycles. The second-order valence-electron chi connectivity index (χ2n) is 8.38. The number of methoxy groups -OCH3 is 1. The Kier molecular flexibility index (Phi) is 22.4. The van der Waals surface area contributed by atoms with Crippen molar-refractivity contribution in [2.45, 2.75) is 123 Å². The minimum absolute atomic E-state index is 0.162. The van der Waals surface area contributed by atoms with Crippen molar-refractivity contribution >= 4 is 12.1 Å². The van der Waals surface area contributed by atoms with E-state index in [1.165, 1.54) is 84.2 Å². The van der Waals surface area contributed by atoms with Crippen molar-refractivity contribution < 1.29 is 23.8 Å². The molecular weight excluding hydrogens is 394 g/mol. The maximum atomic E-state index is 12.2. The van der Waals surface area contributed by atoms with Crippen molar-refractivity contribution in [3.05, 3.63) is 0 Å². The molecule has 0 aliphatic heterocycles. The predicted molar refractivity (Wildman–Crippen MR) is 126 cm³/mol. The monoisotopic (exact) mass is 443 g/mol. The molecule has 0 spiro atoms. The Hall–Kier alpha value is -1.30. The summed E-state index contributed by atoms with van der Waals surface area (Å²) in [6, 6.07) is -0.647. The van der Waals surface area contributed by atoms with Gasteiger partial charge in [-0.05, 0) is 12.8 Å². The minimum Gasteiger partial charge on any atom is -0.464 e. The fourth-order valence-corrected chi connectivity index (χ4v) is 3.51. The molecule has 31 heavy (non-hydrogen) atoms. The van der Waals surface area contributed by atoms with Gasteiger partial charge in [0.15, 0.2) is 0 Å². The SMILES string of the molecule is CCCCCCCCCCCCCCCCOC(=O)C(CCC)NC(=O)OCCOC. The standard InChI is InChI=1S/C25H49NO5/c1-4-6-7-8-9-10-11-12-13-14-15-16-17-18-20-30-24(27)23(19-5-2)26-25(28)31-22-21-29-3/h23H,4-22H2,1-3H3,(H,26,28). The second kappa shape index (κ2) is 23.4. The third kappa shape index (κ3) is 20.4. The summed E-state index contributed by atoms with van der Waals surface area (Å²) in [5.74, 6) is -0.375. The molecule has 0 aromatic rings. The van der Waals surface area contributed by atoms with Crippen LogP contribution in [0.25, 0.3) is 0 Å². The molecule has 1 unspecified atom stereocenters. The highest BCUT2D eigenvalue weighted by atomic mass is 16.6. The Balaban J connectivity index is 3.59. The molecule has 0 fully saturated rings. The number of unbranched alkanes of at least 4 members (excludes halogenated alkanes) is 13. The van der Waals surface area contributed by atoms with E-state index in [1.807, 2.05) is 6.92 Å². The van der Waals surface area contributed by atoms with Crippen molar-refractivity contribution in [1.82, 2.24) is 5.32 Å². The average Bonchev–Trinajstić information content (AvgIpc) is 2.76. The van der Waals surface area contributed by atoms with Crippen molar-refractivity contribution in [3.63, 3.8) is 0 Å². The van der Waals surface area contributed by atoms with Crippen LogP contribution in [0.15, 0.2) is 0 Å². The lowest BCUT2D eigenvalue weighted by Gasteiger charge is -2.17. The van der Waals surface area contributed by atoms with Gasteiger partial charge in [0, 0.05) is 7.11 Å². The Bertz CT molecular complexity index is 417.